The zero-order valence-electron chi connectivity index (χ0n) is 17.7. The molecule has 1 saturated heterocycles. The zero-order valence-corrected chi connectivity index (χ0v) is 17.7. The molecule has 30 heavy (non-hydrogen) atoms. The zero-order chi connectivity index (χ0) is 20.8. The Bertz CT molecular complexity index is 973. The highest BCUT2D eigenvalue weighted by Crippen LogP contribution is 2.38. The number of fused-ring (bicyclic) bond motifs is 1. The van der Waals surface area contributed by atoms with E-state index in [2.05, 4.69) is 58.4 Å². The minimum atomic E-state index is -0.370. The molecule has 0 bridgehead atoms. The van der Waals surface area contributed by atoms with Gasteiger partial charge in [0.2, 0.25) is 0 Å². The Kier molecular flexibility index (Phi) is 6.44. The van der Waals surface area contributed by atoms with Gasteiger partial charge in [-0.1, -0.05) is 48.5 Å². The molecule has 0 amide bonds. The maximum atomic E-state index is 12.9. The van der Waals surface area contributed by atoms with Crippen LogP contribution in [0.3, 0.4) is 0 Å². The molecule has 0 radical (unpaired) electrons. The molecule has 0 spiro atoms. The van der Waals surface area contributed by atoms with Crippen molar-refractivity contribution in [3.8, 4) is 0 Å². The number of benzene rings is 2. The van der Waals surface area contributed by atoms with Crippen LogP contribution in [0.1, 0.15) is 37.3 Å². The van der Waals surface area contributed by atoms with E-state index in [9.17, 15) is 4.79 Å². The molecule has 1 aliphatic rings. The first-order chi connectivity index (χ1) is 14.7. The Morgan fingerprint density at radius 3 is 2.63 bits per heavy atom. The van der Waals surface area contributed by atoms with Crippen LogP contribution in [-0.4, -0.2) is 35.5 Å². The lowest BCUT2D eigenvalue weighted by atomic mass is 9.74. The number of aryl methyl sites for hydroxylation is 1. The lowest BCUT2D eigenvalue weighted by molar-refractivity contribution is -0.159. The first-order valence-electron chi connectivity index (χ1n) is 11.0. The molecule has 0 atom stereocenters. The van der Waals surface area contributed by atoms with E-state index >= 15 is 0 Å². The van der Waals surface area contributed by atoms with Gasteiger partial charge in [-0.3, -0.25) is 14.7 Å². The van der Waals surface area contributed by atoms with Crippen LogP contribution in [0.15, 0.2) is 67.0 Å². The van der Waals surface area contributed by atoms with E-state index < -0.39 is 0 Å². The third-order valence-electron chi connectivity index (χ3n) is 6.42. The van der Waals surface area contributed by atoms with Crippen LogP contribution >= 0.6 is 0 Å². The molecular weight excluding hydrogens is 372 g/mol. The predicted octanol–water partition coefficient (Wildman–Crippen LogP) is 5.01. The normalized spacial score (nSPS) is 16.4. The van der Waals surface area contributed by atoms with Crippen LogP contribution in [0.5, 0.6) is 0 Å². The van der Waals surface area contributed by atoms with Crippen LogP contribution in [0.25, 0.3) is 10.8 Å². The molecule has 2 aromatic carbocycles. The van der Waals surface area contributed by atoms with Gasteiger partial charge in [0.05, 0.1) is 12.0 Å². The van der Waals surface area contributed by atoms with Crippen molar-refractivity contribution in [2.45, 2.75) is 39.2 Å². The van der Waals surface area contributed by atoms with E-state index in [0.717, 1.165) is 45.3 Å². The summed E-state index contributed by atoms with van der Waals surface area (Å²) >= 11 is 0. The Balaban J connectivity index is 1.45. The summed E-state index contributed by atoms with van der Waals surface area (Å²) in [5.74, 6) is -0.0168. The van der Waals surface area contributed by atoms with Gasteiger partial charge in [0.25, 0.3) is 0 Å². The number of pyridine rings is 1. The molecule has 0 N–H and O–H groups in total. The van der Waals surface area contributed by atoms with E-state index in [1.807, 2.05) is 25.4 Å². The Labute approximate surface area is 178 Å². The average Bonchev–Trinajstić information content (AvgIpc) is 2.80. The molecule has 4 heteroatoms. The Morgan fingerprint density at radius 1 is 1.07 bits per heavy atom. The molecule has 2 heterocycles. The van der Waals surface area contributed by atoms with Gasteiger partial charge in [0.1, 0.15) is 0 Å². The molecule has 1 aromatic heterocycles. The summed E-state index contributed by atoms with van der Waals surface area (Å²) in [4.78, 5) is 19.6. The number of carbonyl (C=O) groups is 1. The van der Waals surface area contributed by atoms with Crippen LogP contribution in [0.2, 0.25) is 0 Å². The number of aromatic nitrogens is 1. The van der Waals surface area contributed by atoms with Crippen LogP contribution < -0.4 is 0 Å². The standard InChI is InChI=1S/C26H30N2O2/c1-2-30-25(29)26(13-11-21-7-4-3-5-8-21)14-17-28(18-15-26)20-23-10-6-9-22-19-27-16-12-24(22)23/h3-10,12,16,19H,2,11,13-15,17-18,20H2,1H3. The third kappa shape index (κ3) is 4.54. The Morgan fingerprint density at radius 2 is 1.87 bits per heavy atom. The van der Waals surface area contributed by atoms with Gasteiger partial charge in [-0.2, -0.15) is 0 Å². The topological polar surface area (TPSA) is 42.4 Å². The second-order valence-corrected chi connectivity index (χ2v) is 8.28. The summed E-state index contributed by atoms with van der Waals surface area (Å²) < 4.78 is 5.52. The monoisotopic (exact) mass is 402 g/mol. The number of piperidine rings is 1. The van der Waals surface area contributed by atoms with Crippen molar-refractivity contribution in [2.24, 2.45) is 5.41 Å². The van der Waals surface area contributed by atoms with Gasteiger partial charge >= 0.3 is 5.97 Å². The molecular formula is C26H30N2O2. The average molecular weight is 403 g/mol. The van der Waals surface area contributed by atoms with Crippen molar-refractivity contribution in [2.75, 3.05) is 19.7 Å². The molecule has 0 unspecified atom stereocenters. The van der Waals surface area contributed by atoms with Crippen LogP contribution in [0.4, 0.5) is 0 Å². The van der Waals surface area contributed by atoms with Crippen molar-refractivity contribution in [3.05, 3.63) is 78.1 Å². The quantitative estimate of drug-likeness (QED) is 0.521. The molecule has 0 aliphatic carbocycles. The fourth-order valence-corrected chi connectivity index (χ4v) is 4.58. The van der Waals surface area contributed by atoms with Crippen molar-refractivity contribution >= 4 is 16.7 Å². The maximum absolute atomic E-state index is 12.9. The number of ether oxygens (including phenoxy) is 1. The van der Waals surface area contributed by atoms with Crippen LogP contribution in [0, 0.1) is 5.41 Å². The summed E-state index contributed by atoms with van der Waals surface area (Å²) in [5, 5.41) is 2.44. The fourth-order valence-electron chi connectivity index (χ4n) is 4.58. The van der Waals surface area contributed by atoms with Crippen molar-refractivity contribution < 1.29 is 9.53 Å². The van der Waals surface area contributed by atoms with Crippen LogP contribution in [-0.2, 0) is 22.5 Å². The van der Waals surface area contributed by atoms with E-state index in [-0.39, 0.29) is 11.4 Å². The second-order valence-electron chi connectivity index (χ2n) is 8.28. The number of likely N-dealkylation sites (tertiary alicyclic amines) is 1. The number of carbonyl (C=O) groups excluding carboxylic acids is 1. The lowest BCUT2D eigenvalue weighted by Gasteiger charge is -2.40. The molecule has 1 fully saturated rings. The predicted molar refractivity (Wildman–Crippen MR) is 120 cm³/mol. The van der Waals surface area contributed by atoms with E-state index in [4.69, 9.17) is 4.74 Å². The van der Waals surface area contributed by atoms with Gasteiger partial charge in [0.15, 0.2) is 0 Å². The van der Waals surface area contributed by atoms with Gasteiger partial charge in [-0.15, -0.1) is 0 Å². The van der Waals surface area contributed by atoms with Gasteiger partial charge in [-0.25, -0.2) is 0 Å². The highest BCUT2D eigenvalue weighted by molar-refractivity contribution is 5.84. The van der Waals surface area contributed by atoms with E-state index in [0.29, 0.717) is 6.61 Å². The lowest BCUT2D eigenvalue weighted by Crippen LogP contribution is -2.45. The smallest absolute Gasteiger partial charge is 0.312 e. The first-order valence-corrected chi connectivity index (χ1v) is 11.0. The summed E-state index contributed by atoms with van der Waals surface area (Å²) in [5.41, 5.74) is 2.24. The number of esters is 1. The van der Waals surface area contributed by atoms with E-state index in [1.165, 1.54) is 21.9 Å². The second kappa shape index (κ2) is 9.40. The molecule has 0 saturated carbocycles. The summed E-state index contributed by atoms with van der Waals surface area (Å²) in [6.45, 7) is 5.07. The SMILES string of the molecule is CCOC(=O)C1(CCc2ccccc2)CCN(Cc2cccc3cnccc23)CC1. The van der Waals surface area contributed by atoms with Crippen molar-refractivity contribution in [3.63, 3.8) is 0 Å². The van der Waals surface area contributed by atoms with Crippen molar-refractivity contribution in [1.82, 2.24) is 9.88 Å². The van der Waals surface area contributed by atoms with Gasteiger partial charge < -0.3 is 4.74 Å². The first kappa shape index (κ1) is 20.5. The van der Waals surface area contributed by atoms with Gasteiger partial charge in [0, 0.05) is 24.3 Å². The number of hydrogen-bond donors (Lipinski definition) is 0. The van der Waals surface area contributed by atoms with E-state index in [1.54, 1.807) is 0 Å². The maximum Gasteiger partial charge on any atom is 0.312 e. The number of nitrogens with zero attached hydrogens (tertiary/aromatic N) is 2. The number of hydrogen-bond acceptors (Lipinski definition) is 4. The minimum Gasteiger partial charge on any atom is -0.466 e. The van der Waals surface area contributed by atoms with Gasteiger partial charge in [-0.05, 0) is 68.3 Å². The fraction of sp³-hybridized carbons (Fsp3) is 0.385. The minimum absolute atomic E-state index is 0.0168. The molecule has 1 aliphatic heterocycles. The largest absolute Gasteiger partial charge is 0.466 e. The molecule has 3 aromatic rings. The molecule has 156 valence electrons. The van der Waals surface area contributed by atoms with Crippen molar-refractivity contribution in [1.29, 1.82) is 0 Å². The highest BCUT2D eigenvalue weighted by atomic mass is 16.5. The summed E-state index contributed by atoms with van der Waals surface area (Å²) in [6, 6.07) is 19.0. The summed E-state index contributed by atoms with van der Waals surface area (Å²) in [7, 11) is 0. The molecule has 4 nitrogen and oxygen atoms in total. The molecule has 4 rings (SSSR count). The summed E-state index contributed by atoms with van der Waals surface area (Å²) in [6.07, 6.45) is 7.25. The third-order valence-corrected chi connectivity index (χ3v) is 6.42. The highest BCUT2D eigenvalue weighted by Gasteiger charge is 2.42. The number of rotatable bonds is 7. The Hall–Kier alpha value is -2.72.